The van der Waals surface area contributed by atoms with Crippen molar-refractivity contribution in [1.82, 2.24) is 0 Å². The molecule has 1 aliphatic rings. The molecule has 0 bridgehead atoms. The van der Waals surface area contributed by atoms with Gasteiger partial charge in [-0.3, -0.25) is 0 Å². The van der Waals surface area contributed by atoms with Crippen molar-refractivity contribution in [2.75, 3.05) is 12.9 Å². The third-order valence-electron chi connectivity index (χ3n) is 3.62. The highest BCUT2D eigenvalue weighted by Gasteiger charge is 2.41. The molecule has 19 heavy (non-hydrogen) atoms. The van der Waals surface area contributed by atoms with Gasteiger partial charge >= 0.3 is 0 Å². The Hall–Kier alpha value is -0.450. The average Bonchev–Trinajstić information content (AvgIpc) is 2.72. The van der Waals surface area contributed by atoms with Crippen LogP contribution in [0.15, 0.2) is 12.1 Å². The van der Waals surface area contributed by atoms with Gasteiger partial charge in [0.25, 0.3) is 0 Å². The summed E-state index contributed by atoms with van der Waals surface area (Å²) in [6.45, 7) is 3.80. The molecule has 0 saturated heterocycles. The Morgan fingerprint density at radius 2 is 2.00 bits per heavy atom. The fourth-order valence-electron chi connectivity index (χ4n) is 2.05. The first kappa shape index (κ1) is 14.9. The molecule has 106 valence electrons. The molecule has 1 heterocycles. The predicted molar refractivity (Wildman–Crippen MR) is 78.2 cm³/mol. The normalized spacial score (nSPS) is 16.9. The summed E-state index contributed by atoms with van der Waals surface area (Å²) in [7, 11) is -3.31. The molecule has 2 rings (SSSR count). The molecule has 1 aromatic carbocycles. The maximum Gasteiger partial charge on any atom is 0.154 e. The van der Waals surface area contributed by atoms with Gasteiger partial charge in [-0.15, -0.1) is 11.6 Å². The van der Waals surface area contributed by atoms with Crippen molar-refractivity contribution in [1.29, 1.82) is 0 Å². The lowest BCUT2D eigenvalue weighted by Gasteiger charge is -2.29. The molecule has 0 aliphatic carbocycles. The largest absolute Gasteiger partial charge is 0.493 e. The smallest absolute Gasteiger partial charge is 0.154 e. The fraction of sp³-hybridized carbons (Fsp3) is 0.538. The summed E-state index contributed by atoms with van der Waals surface area (Å²) < 4.78 is 28.3. The summed E-state index contributed by atoms with van der Waals surface area (Å²) >= 11 is 12.5. The Morgan fingerprint density at radius 3 is 2.58 bits per heavy atom. The number of alkyl halides is 1. The molecule has 0 aromatic heterocycles. The zero-order valence-corrected chi connectivity index (χ0v) is 13.4. The van der Waals surface area contributed by atoms with E-state index in [-0.39, 0.29) is 0 Å². The molecule has 0 radical (unpaired) electrons. The maximum absolute atomic E-state index is 11.9. The van der Waals surface area contributed by atoms with Crippen LogP contribution in [0.4, 0.5) is 0 Å². The van der Waals surface area contributed by atoms with Crippen molar-refractivity contribution in [3.8, 4) is 5.75 Å². The molecular weight excluding hydrogens is 307 g/mol. The fourth-order valence-corrected chi connectivity index (χ4v) is 3.45. The second-order valence-electron chi connectivity index (χ2n) is 5.32. The van der Waals surface area contributed by atoms with E-state index in [0.29, 0.717) is 22.9 Å². The van der Waals surface area contributed by atoms with E-state index < -0.39 is 20.0 Å². The van der Waals surface area contributed by atoms with E-state index in [4.69, 9.17) is 27.9 Å². The molecule has 1 aromatic rings. The monoisotopic (exact) mass is 322 g/mol. The Labute approximate surface area is 123 Å². The molecule has 0 saturated carbocycles. The van der Waals surface area contributed by atoms with Gasteiger partial charge < -0.3 is 4.74 Å². The molecule has 0 amide bonds. The molecule has 1 aliphatic heterocycles. The molecule has 6 heteroatoms. The second-order valence-corrected chi connectivity index (χ2v) is 8.79. The molecule has 3 nitrogen and oxygen atoms in total. The summed E-state index contributed by atoms with van der Waals surface area (Å²) in [5, 5.41) is -0.165. The third kappa shape index (κ3) is 2.58. The predicted octanol–water partition coefficient (Wildman–Crippen LogP) is 3.38. The van der Waals surface area contributed by atoms with Crippen LogP contribution in [-0.4, -0.2) is 26.0 Å². The van der Waals surface area contributed by atoms with Gasteiger partial charge in [-0.05, 0) is 31.5 Å². The van der Waals surface area contributed by atoms with Crippen molar-refractivity contribution in [3.05, 3.63) is 28.3 Å². The lowest BCUT2D eigenvalue weighted by Crippen LogP contribution is -2.35. The maximum atomic E-state index is 11.9. The number of hydrogen-bond donors (Lipinski definition) is 0. The Bertz CT molecular complexity index is 609. The minimum absolute atomic E-state index is 0.550. The van der Waals surface area contributed by atoms with Crippen LogP contribution in [0.25, 0.3) is 0 Å². The summed E-state index contributed by atoms with van der Waals surface area (Å²) in [5.41, 5.74) is 1.63. The standard InChI is InChI=1S/C13H16Cl2O3S/c1-13(2,19(3,16)17)12(15)10-7-9(14)6-8-4-5-18-11(8)10/h6-7,12H,4-5H2,1-3H3. The van der Waals surface area contributed by atoms with Crippen LogP contribution >= 0.6 is 23.2 Å². The van der Waals surface area contributed by atoms with Crippen LogP contribution in [0, 0.1) is 0 Å². The van der Waals surface area contributed by atoms with Crippen LogP contribution in [0.3, 0.4) is 0 Å². The quantitative estimate of drug-likeness (QED) is 0.801. The van der Waals surface area contributed by atoms with E-state index in [1.165, 1.54) is 6.26 Å². The molecule has 0 spiro atoms. The van der Waals surface area contributed by atoms with Gasteiger partial charge in [0.05, 0.1) is 16.7 Å². The van der Waals surface area contributed by atoms with Crippen LogP contribution in [0.2, 0.25) is 5.02 Å². The number of halogens is 2. The third-order valence-corrected chi connectivity index (χ3v) is 6.89. The lowest BCUT2D eigenvalue weighted by atomic mass is 9.98. The lowest BCUT2D eigenvalue weighted by molar-refractivity contribution is 0.351. The highest BCUT2D eigenvalue weighted by atomic mass is 35.5. The van der Waals surface area contributed by atoms with Gasteiger partial charge in [0.15, 0.2) is 9.84 Å². The second kappa shape index (κ2) is 4.83. The number of sulfone groups is 1. The summed E-state index contributed by atoms with van der Waals surface area (Å²) in [6, 6.07) is 3.53. The number of rotatable bonds is 3. The van der Waals surface area contributed by atoms with Gasteiger partial charge in [-0.1, -0.05) is 11.6 Å². The van der Waals surface area contributed by atoms with E-state index in [1.54, 1.807) is 19.9 Å². The van der Waals surface area contributed by atoms with Crippen LogP contribution in [-0.2, 0) is 16.3 Å². The summed E-state index contributed by atoms with van der Waals surface area (Å²) in [4.78, 5) is 0. The van der Waals surface area contributed by atoms with Crippen molar-refractivity contribution in [2.45, 2.75) is 30.4 Å². The van der Waals surface area contributed by atoms with E-state index in [9.17, 15) is 8.42 Å². The van der Waals surface area contributed by atoms with Gasteiger partial charge in [-0.25, -0.2) is 8.42 Å². The Kier molecular flexibility index (Phi) is 3.80. The topological polar surface area (TPSA) is 43.4 Å². The minimum Gasteiger partial charge on any atom is -0.493 e. The number of fused-ring (bicyclic) bond motifs is 1. The highest BCUT2D eigenvalue weighted by molar-refractivity contribution is 7.92. The number of hydrogen-bond acceptors (Lipinski definition) is 3. The van der Waals surface area contributed by atoms with Crippen molar-refractivity contribution < 1.29 is 13.2 Å². The van der Waals surface area contributed by atoms with E-state index in [1.807, 2.05) is 6.07 Å². The average molecular weight is 323 g/mol. The van der Waals surface area contributed by atoms with Gasteiger partial charge in [0.2, 0.25) is 0 Å². The molecule has 1 unspecified atom stereocenters. The highest BCUT2D eigenvalue weighted by Crippen LogP contribution is 2.45. The zero-order chi connectivity index (χ0) is 14.4. The van der Waals surface area contributed by atoms with Crippen molar-refractivity contribution >= 4 is 33.0 Å². The minimum atomic E-state index is -3.31. The van der Waals surface area contributed by atoms with E-state index in [2.05, 4.69) is 0 Å². The van der Waals surface area contributed by atoms with Gasteiger partial charge in [0.1, 0.15) is 5.75 Å². The Morgan fingerprint density at radius 1 is 1.37 bits per heavy atom. The molecule has 0 N–H and O–H groups in total. The molecular formula is C13H16Cl2O3S. The van der Waals surface area contributed by atoms with Crippen molar-refractivity contribution in [3.63, 3.8) is 0 Å². The van der Waals surface area contributed by atoms with Crippen molar-refractivity contribution in [2.24, 2.45) is 0 Å². The van der Waals surface area contributed by atoms with Gasteiger partial charge in [-0.2, -0.15) is 0 Å². The first-order valence-corrected chi connectivity index (χ1v) is 8.64. The first-order chi connectivity index (χ1) is 8.64. The van der Waals surface area contributed by atoms with E-state index in [0.717, 1.165) is 12.0 Å². The molecule has 0 fully saturated rings. The van der Waals surface area contributed by atoms with Gasteiger partial charge in [0, 0.05) is 23.3 Å². The Balaban J connectivity index is 2.54. The van der Waals surface area contributed by atoms with Crippen LogP contribution in [0.1, 0.15) is 30.4 Å². The number of ether oxygens (including phenoxy) is 1. The first-order valence-electron chi connectivity index (χ1n) is 5.93. The summed E-state index contributed by atoms with van der Waals surface area (Å²) in [5.74, 6) is 0.682. The van der Waals surface area contributed by atoms with Crippen LogP contribution in [0.5, 0.6) is 5.75 Å². The number of benzene rings is 1. The zero-order valence-electron chi connectivity index (χ0n) is 11.0. The SMILES string of the molecule is CC(C)(C(Cl)c1cc(Cl)cc2c1OCC2)S(C)(=O)=O. The molecule has 1 atom stereocenters. The van der Waals surface area contributed by atoms with E-state index >= 15 is 0 Å². The summed E-state index contributed by atoms with van der Waals surface area (Å²) in [6.07, 6.45) is 1.96. The van der Waals surface area contributed by atoms with Crippen LogP contribution < -0.4 is 4.74 Å².